The molecule has 0 aromatic heterocycles. The van der Waals surface area contributed by atoms with Gasteiger partial charge in [0.15, 0.2) is 6.61 Å². The van der Waals surface area contributed by atoms with Crippen LogP contribution in [-0.4, -0.2) is 38.7 Å². The molecule has 29 heavy (non-hydrogen) atoms. The highest BCUT2D eigenvalue weighted by molar-refractivity contribution is 5.94. The monoisotopic (exact) mass is 394 g/mol. The van der Waals surface area contributed by atoms with E-state index in [1.807, 2.05) is 42.5 Å². The minimum Gasteiger partial charge on any atom is -0.497 e. The Hall–Kier alpha value is -3.28. The second-order valence-electron chi connectivity index (χ2n) is 6.86. The molecule has 1 amide bonds. The lowest BCUT2D eigenvalue weighted by Crippen LogP contribution is -2.29. The fourth-order valence-corrected chi connectivity index (χ4v) is 3.20. The predicted octanol–water partition coefficient (Wildman–Crippen LogP) is 3.88. The number of carbonyl (C=O) groups excluding carboxylic acids is 2. The second-order valence-corrected chi connectivity index (χ2v) is 6.86. The SMILES string of the molecule is COc1cccc(/C=C/C(=O)OCC(=O)Nc2ccc(N3CCCCC3)cc2)c1. The van der Waals surface area contributed by atoms with Crippen LogP contribution in [0.3, 0.4) is 0 Å². The van der Waals surface area contributed by atoms with Crippen LogP contribution in [0.25, 0.3) is 6.08 Å². The number of ether oxygens (including phenoxy) is 2. The molecule has 1 saturated heterocycles. The Kier molecular flexibility index (Phi) is 7.28. The van der Waals surface area contributed by atoms with Crippen molar-refractivity contribution in [2.45, 2.75) is 19.3 Å². The molecule has 0 aliphatic carbocycles. The highest BCUT2D eigenvalue weighted by Gasteiger charge is 2.11. The van der Waals surface area contributed by atoms with E-state index in [0.717, 1.165) is 24.3 Å². The summed E-state index contributed by atoms with van der Waals surface area (Å²) in [4.78, 5) is 26.2. The molecule has 0 bridgehead atoms. The number of nitrogens with one attached hydrogen (secondary N) is 1. The first-order valence-corrected chi connectivity index (χ1v) is 9.78. The Morgan fingerprint density at radius 2 is 1.83 bits per heavy atom. The number of carbonyl (C=O) groups is 2. The maximum absolute atomic E-state index is 12.0. The van der Waals surface area contributed by atoms with Crippen LogP contribution >= 0.6 is 0 Å². The lowest BCUT2D eigenvalue weighted by Gasteiger charge is -2.28. The molecule has 0 radical (unpaired) electrons. The third-order valence-electron chi connectivity index (χ3n) is 4.72. The van der Waals surface area contributed by atoms with Gasteiger partial charge in [-0.3, -0.25) is 4.79 Å². The Morgan fingerprint density at radius 3 is 2.55 bits per heavy atom. The van der Waals surface area contributed by atoms with Crippen molar-refractivity contribution in [2.24, 2.45) is 0 Å². The summed E-state index contributed by atoms with van der Waals surface area (Å²) in [5.74, 6) is -0.256. The summed E-state index contributed by atoms with van der Waals surface area (Å²) < 4.78 is 10.1. The van der Waals surface area contributed by atoms with Gasteiger partial charge in [-0.1, -0.05) is 12.1 Å². The maximum atomic E-state index is 12.0. The van der Waals surface area contributed by atoms with E-state index in [2.05, 4.69) is 10.2 Å². The standard InChI is InChI=1S/C23H26N2O4/c1-28-21-7-5-6-18(16-21)8-13-23(27)29-17-22(26)24-19-9-11-20(12-10-19)25-14-3-2-4-15-25/h5-13,16H,2-4,14-15,17H2,1H3,(H,24,26)/b13-8+. The van der Waals surface area contributed by atoms with Crippen LogP contribution in [0.4, 0.5) is 11.4 Å². The first-order valence-electron chi connectivity index (χ1n) is 9.78. The number of nitrogens with zero attached hydrogens (tertiary/aromatic N) is 1. The topological polar surface area (TPSA) is 67.9 Å². The number of hydrogen-bond acceptors (Lipinski definition) is 5. The molecular weight excluding hydrogens is 368 g/mol. The van der Waals surface area contributed by atoms with Crippen LogP contribution in [0.2, 0.25) is 0 Å². The Labute approximate surface area is 171 Å². The molecule has 2 aromatic rings. The zero-order valence-corrected chi connectivity index (χ0v) is 16.6. The minimum absolute atomic E-state index is 0.338. The largest absolute Gasteiger partial charge is 0.497 e. The van der Waals surface area contributed by atoms with Crippen molar-refractivity contribution in [3.8, 4) is 5.75 Å². The maximum Gasteiger partial charge on any atom is 0.331 e. The number of benzene rings is 2. The van der Waals surface area contributed by atoms with Gasteiger partial charge in [0.1, 0.15) is 5.75 Å². The van der Waals surface area contributed by atoms with Crippen molar-refractivity contribution in [1.82, 2.24) is 0 Å². The lowest BCUT2D eigenvalue weighted by atomic mass is 10.1. The molecule has 1 aliphatic rings. The number of methoxy groups -OCH3 is 1. The van der Waals surface area contributed by atoms with E-state index < -0.39 is 5.97 Å². The van der Waals surface area contributed by atoms with E-state index in [4.69, 9.17) is 9.47 Å². The minimum atomic E-state index is -0.580. The van der Waals surface area contributed by atoms with Gasteiger partial charge in [-0.05, 0) is 67.3 Å². The Morgan fingerprint density at radius 1 is 1.07 bits per heavy atom. The van der Waals surface area contributed by atoms with Crippen molar-refractivity contribution in [3.05, 3.63) is 60.2 Å². The van der Waals surface area contributed by atoms with Gasteiger partial charge >= 0.3 is 5.97 Å². The van der Waals surface area contributed by atoms with Gasteiger partial charge in [-0.2, -0.15) is 0 Å². The molecule has 2 aromatic carbocycles. The molecule has 6 nitrogen and oxygen atoms in total. The fourth-order valence-electron chi connectivity index (χ4n) is 3.20. The van der Waals surface area contributed by atoms with Gasteiger partial charge < -0.3 is 19.7 Å². The summed E-state index contributed by atoms with van der Waals surface area (Å²) in [7, 11) is 1.58. The van der Waals surface area contributed by atoms with Crippen LogP contribution < -0.4 is 15.0 Å². The van der Waals surface area contributed by atoms with Crippen LogP contribution in [-0.2, 0) is 14.3 Å². The first kappa shape index (κ1) is 20.5. The smallest absolute Gasteiger partial charge is 0.331 e. The van der Waals surface area contributed by atoms with E-state index in [1.165, 1.54) is 25.3 Å². The Balaban J connectivity index is 1.44. The summed E-state index contributed by atoms with van der Waals surface area (Å²) in [5, 5.41) is 2.74. The molecule has 0 unspecified atom stereocenters. The summed E-state index contributed by atoms with van der Waals surface area (Å²) in [6, 6.07) is 15.0. The number of anilines is 2. The summed E-state index contributed by atoms with van der Waals surface area (Å²) in [5.41, 5.74) is 2.65. The molecule has 3 rings (SSSR count). The van der Waals surface area contributed by atoms with E-state index in [9.17, 15) is 9.59 Å². The Bertz CT molecular complexity index is 855. The van der Waals surface area contributed by atoms with Crippen molar-refractivity contribution in [3.63, 3.8) is 0 Å². The van der Waals surface area contributed by atoms with Gasteiger partial charge in [0.2, 0.25) is 0 Å². The molecule has 1 aliphatic heterocycles. The van der Waals surface area contributed by atoms with Gasteiger partial charge in [-0.15, -0.1) is 0 Å². The molecule has 6 heteroatoms. The van der Waals surface area contributed by atoms with Crippen molar-refractivity contribution < 1.29 is 19.1 Å². The normalized spacial score (nSPS) is 13.9. The number of piperidine rings is 1. The number of hydrogen-bond donors (Lipinski definition) is 1. The van der Waals surface area contributed by atoms with Crippen LogP contribution in [0.15, 0.2) is 54.6 Å². The number of amides is 1. The third kappa shape index (κ3) is 6.38. The predicted molar refractivity (Wildman–Crippen MR) is 114 cm³/mol. The van der Waals surface area contributed by atoms with E-state index >= 15 is 0 Å². The first-order chi connectivity index (χ1) is 14.1. The zero-order valence-electron chi connectivity index (χ0n) is 16.6. The average Bonchev–Trinajstić information content (AvgIpc) is 2.77. The second kappa shape index (κ2) is 10.3. The molecule has 1 fully saturated rings. The highest BCUT2D eigenvalue weighted by Crippen LogP contribution is 2.21. The molecule has 0 atom stereocenters. The number of esters is 1. The van der Waals surface area contributed by atoms with Gasteiger partial charge in [0.25, 0.3) is 5.91 Å². The number of rotatable bonds is 7. The fraction of sp³-hybridized carbons (Fsp3) is 0.304. The van der Waals surface area contributed by atoms with Gasteiger partial charge in [0, 0.05) is 30.5 Å². The summed E-state index contributed by atoms with van der Waals surface area (Å²) in [6.45, 7) is 1.81. The van der Waals surface area contributed by atoms with E-state index in [-0.39, 0.29) is 12.5 Å². The molecular formula is C23H26N2O4. The third-order valence-corrected chi connectivity index (χ3v) is 4.72. The molecule has 152 valence electrons. The summed E-state index contributed by atoms with van der Waals surface area (Å²) >= 11 is 0. The quantitative estimate of drug-likeness (QED) is 0.570. The molecule has 1 N–H and O–H groups in total. The van der Waals surface area contributed by atoms with Crippen LogP contribution in [0.1, 0.15) is 24.8 Å². The zero-order chi connectivity index (χ0) is 20.5. The van der Waals surface area contributed by atoms with Crippen LogP contribution in [0, 0.1) is 0 Å². The van der Waals surface area contributed by atoms with Gasteiger partial charge in [-0.25, -0.2) is 4.79 Å². The van der Waals surface area contributed by atoms with Crippen molar-refractivity contribution in [1.29, 1.82) is 0 Å². The summed E-state index contributed by atoms with van der Waals surface area (Å²) in [6.07, 6.45) is 6.63. The lowest BCUT2D eigenvalue weighted by molar-refractivity contribution is -0.142. The van der Waals surface area contributed by atoms with E-state index in [0.29, 0.717) is 11.4 Å². The van der Waals surface area contributed by atoms with Gasteiger partial charge in [0.05, 0.1) is 7.11 Å². The van der Waals surface area contributed by atoms with E-state index in [1.54, 1.807) is 19.3 Å². The highest BCUT2D eigenvalue weighted by atomic mass is 16.5. The molecule has 0 spiro atoms. The van der Waals surface area contributed by atoms with Crippen molar-refractivity contribution in [2.75, 3.05) is 37.0 Å². The molecule has 0 saturated carbocycles. The molecule has 1 heterocycles. The average molecular weight is 394 g/mol. The van der Waals surface area contributed by atoms with Crippen LogP contribution in [0.5, 0.6) is 5.75 Å². The van der Waals surface area contributed by atoms with Crippen molar-refractivity contribution >= 4 is 29.3 Å².